The van der Waals surface area contributed by atoms with E-state index in [4.69, 9.17) is 21.1 Å². The fourth-order valence-corrected chi connectivity index (χ4v) is 2.81. The van der Waals surface area contributed by atoms with Gasteiger partial charge in [0.15, 0.2) is 0 Å². The molecule has 0 saturated carbocycles. The van der Waals surface area contributed by atoms with Crippen LogP contribution in [0.5, 0.6) is 0 Å². The number of nitrogens with one attached hydrogen (secondary N) is 1. The van der Waals surface area contributed by atoms with E-state index in [1.807, 2.05) is 24.3 Å². The van der Waals surface area contributed by atoms with Crippen molar-refractivity contribution in [3.63, 3.8) is 0 Å². The van der Waals surface area contributed by atoms with Gasteiger partial charge in [0.25, 0.3) is 0 Å². The van der Waals surface area contributed by atoms with Gasteiger partial charge in [-0.15, -0.1) is 0 Å². The number of halogens is 4. The molecule has 0 saturated heterocycles. The summed E-state index contributed by atoms with van der Waals surface area (Å²) in [6.07, 6.45) is -2.19. The SMILES string of the molecule is COCCC(CCOC)c1ccc(Nc2ncc(C(F)(F)F)c(Cl)n2)cc1. The molecule has 5 nitrogen and oxygen atoms in total. The highest BCUT2D eigenvalue weighted by atomic mass is 35.5. The summed E-state index contributed by atoms with van der Waals surface area (Å²) in [4.78, 5) is 7.34. The van der Waals surface area contributed by atoms with Crippen LogP contribution in [0.15, 0.2) is 30.5 Å². The lowest BCUT2D eigenvalue weighted by Crippen LogP contribution is -2.09. The highest BCUT2D eigenvalue weighted by Crippen LogP contribution is 2.33. The van der Waals surface area contributed by atoms with Crippen LogP contribution < -0.4 is 5.32 Å². The molecule has 27 heavy (non-hydrogen) atoms. The fraction of sp³-hybridized carbons (Fsp3) is 0.444. The van der Waals surface area contributed by atoms with Gasteiger partial charge in [0.05, 0.1) is 0 Å². The first kappa shape index (κ1) is 21.4. The Labute approximate surface area is 160 Å². The Bertz CT molecular complexity index is 719. The van der Waals surface area contributed by atoms with Crippen molar-refractivity contribution in [3.05, 3.63) is 46.7 Å². The van der Waals surface area contributed by atoms with Crippen LogP contribution in [0.2, 0.25) is 5.15 Å². The van der Waals surface area contributed by atoms with Crippen molar-refractivity contribution in [1.82, 2.24) is 9.97 Å². The molecule has 0 aliphatic heterocycles. The second-order valence-electron chi connectivity index (χ2n) is 5.90. The van der Waals surface area contributed by atoms with Crippen LogP contribution in [0, 0.1) is 0 Å². The molecule has 1 aromatic carbocycles. The summed E-state index contributed by atoms with van der Waals surface area (Å²) < 4.78 is 48.4. The number of hydrogen-bond acceptors (Lipinski definition) is 5. The zero-order valence-corrected chi connectivity index (χ0v) is 15.8. The Kier molecular flexibility index (Phi) is 7.82. The maximum atomic E-state index is 12.7. The van der Waals surface area contributed by atoms with E-state index >= 15 is 0 Å². The quantitative estimate of drug-likeness (QED) is 0.594. The van der Waals surface area contributed by atoms with Crippen molar-refractivity contribution in [3.8, 4) is 0 Å². The van der Waals surface area contributed by atoms with E-state index in [9.17, 15) is 13.2 Å². The second kappa shape index (κ2) is 9.87. The molecule has 0 unspecified atom stereocenters. The third-order valence-corrected chi connectivity index (χ3v) is 4.31. The monoisotopic (exact) mass is 403 g/mol. The molecular formula is C18H21ClF3N3O2. The molecule has 148 valence electrons. The Morgan fingerprint density at radius 2 is 1.67 bits per heavy atom. The molecule has 0 amide bonds. The predicted octanol–water partition coefficient (Wildman–Crippen LogP) is 5.05. The minimum Gasteiger partial charge on any atom is -0.385 e. The molecule has 1 aromatic heterocycles. The molecule has 0 aliphatic carbocycles. The number of hydrogen-bond donors (Lipinski definition) is 1. The van der Waals surface area contributed by atoms with E-state index in [1.54, 1.807) is 14.2 Å². The average Bonchev–Trinajstić information content (AvgIpc) is 2.62. The molecule has 1 N–H and O–H groups in total. The van der Waals surface area contributed by atoms with Crippen molar-refractivity contribution < 1.29 is 22.6 Å². The smallest absolute Gasteiger partial charge is 0.385 e. The molecule has 0 aliphatic rings. The summed E-state index contributed by atoms with van der Waals surface area (Å²) >= 11 is 5.61. The van der Waals surface area contributed by atoms with Gasteiger partial charge in [-0.05, 0) is 36.5 Å². The van der Waals surface area contributed by atoms with Gasteiger partial charge in [-0.1, -0.05) is 23.7 Å². The first-order chi connectivity index (χ1) is 12.8. The third-order valence-electron chi connectivity index (χ3n) is 4.03. The van der Waals surface area contributed by atoms with Gasteiger partial charge in [0.1, 0.15) is 10.7 Å². The minimum atomic E-state index is -4.59. The topological polar surface area (TPSA) is 56.3 Å². The van der Waals surface area contributed by atoms with Gasteiger partial charge in [-0.2, -0.15) is 13.2 Å². The zero-order chi connectivity index (χ0) is 19.9. The number of nitrogens with zero attached hydrogens (tertiary/aromatic N) is 2. The summed E-state index contributed by atoms with van der Waals surface area (Å²) in [5, 5.41) is 2.21. The normalized spacial score (nSPS) is 11.8. The Balaban J connectivity index is 2.09. The number of aromatic nitrogens is 2. The molecule has 2 aromatic rings. The number of rotatable bonds is 9. The van der Waals surface area contributed by atoms with Crippen LogP contribution in [-0.2, 0) is 15.7 Å². The predicted molar refractivity (Wildman–Crippen MR) is 97.5 cm³/mol. The molecule has 0 atom stereocenters. The van der Waals surface area contributed by atoms with Crippen LogP contribution >= 0.6 is 11.6 Å². The van der Waals surface area contributed by atoms with Crippen LogP contribution in [-0.4, -0.2) is 37.4 Å². The third kappa shape index (κ3) is 6.34. The zero-order valence-electron chi connectivity index (χ0n) is 15.0. The summed E-state index contributed by atoms with van der Waals surface area (Å²) in [5.74, 6) is 0.284. The van der Waals surface area contributed by atoms with E-state index in [-0.39, 0.29) is 11.9 Å². The largest absolute Gasteiger partial charge is 0.420 e. The van der Waals surface area contributed by atoms with Crippen LogP contribution in [0.1, 0.15) is 29.9 Å². The Morgan fingerprint density at radius 3 is 2.15 bits per heavy atom. The Hall–Kier alpha value is -1.90. The van der Waals surface area contributed by atoms with E-state index < -0.39 is 16.9 Å². The highest BCUT2D eigenvalue weighted by molar-refractivity contribution is 6.30. The van der Waals surface area contributed by atoms with E-state index in [1.165, 1.54) is 0 Å². The van der Waals surface area contributed by atoms with Crippen molar-refractivity contribution in [1.29, 1.82) is 0 Å². The van der Waals surface area contributed by atoms with Crippen molar-refractivity contribution >= 4 is 23.2 Å². The van der Waals surface area contributed by atoms with Crippen LogP contribution in [0.25, 0.3) is 0 Å². The maximum absolute atomic E-state index is 12.7. The average molecular weight is 404 g/mol. The van der Waals surface area contributed by atoms with Gasteiger partial charge in [-0.3, -0.25) is 0 Å². The summed E-state index contributed by atoms with van der Waals surface area (Å²) in [6.45, 7) is 1.29. The summed E-state index contributed by atoms with van der Waals surface area (Å²) in [6, 6.07) is 7.53. The summed E-state index contributed by atoms with van der Waals surface area (Å²) in [7, 11) is 3.32. The molecule has 2 rings (SSSR count). The first-order valence-corrected chi connectivity index (χ1v) is 8.67. The van der Waals surface area contributed by atoms with Gasteiger partial charge < -0.3 is 14.8 Å². The van der Waals surface area contributed by atoms with Gasteiger partial charge in [0.2, 0.25) is 5.95 Å². The van der Waals surface area contributed by atoms with E-state index in [0.717, 1.165) is 18.4 Å². The lowest BCUT2D eigenvalue weighted by molar-refractivity contribution is -0.137. The molecule has 0 spiro atoms. The van der Waals surface area contributed by atoms with Gasteiger partial charge in [-0.25, -0.2) is 9.97 Å². The van der Waals surface area contributed by atoms with Crippen molar-refractivity contribution in [2.24, 2.45) is 0 Å². The number of ether oxygens (including phenoxy) is 2. The summed E-state index contributed by atoms with van der Waals surface area (Å²) in [5.41, 5.74) is 0.706. The number of benzene rings is 1. The fourth-order valence-electron chi connectivity index (χ4n) is 2.58. The highest BCUT2D eigenvalue weighted by Gasteiger charge is 2.34. The van der Waals surface area contributed by atoms with Crippen molar-refractivity contribution in [2.45, 2.75) is 24.9 Å². The number of alkyl halides is 3. The molecule has 0 radical (unpaired) electrons. The van der Waals surface area contributed by atoms with E-state index in [2.05, 4.69) is 15.3 Å². The Morgan fingerprint density at radius 1 is 1.07 bits per heavy atom. The van der Waals surface area contributed by atoms with E-state index in [0.29, 0.717) is 25.1 Å². The number of methoxy groups -OCH3 is 2. The standard InChI is InChI=1S/C18H21ClF3N3O2/c1-26-9-7-13(8-10-27-2)12-3-5-14(6-4-12)24-17-23-11-15(16(19)25-17)18(20,21)22/h3-6,11,13H,7-10H2,1-2H3,(H,23,24,25). The van der Waals surface area contributed by atoms with Crippen molar-refractivity contribution in [2.75, 3.05) is 32.8 Å². The lowest BCUT2D eigenvalue weighted by atomic mass is 9.93. The van der Waals surface area contributed by atoms with Crippen LogP contribution in [0.4, 0.5) is 24.8 Å². The van der Waals surface area contributed by atoms with Crippen LogP contribution in [0.3, 0.4) is 0 Å². The molecule has 0 fully saturated rings. The molecule has 0 bridgehead atoms. The van der Waals surface area contributed by atoms with Gasteiger partial charge in [0, 0.05) is 39.3 Å². The molecule has 9 heteroatoms. The lowest BCUT2D eigenvalue weighted by Gasteiger charge is -2.17. The molecule has 1 heterocycles. The minimum absolute atomic E-state index is 0.00364. The maximum Gasteiger partial charge on any atom is 0.420 e. The van der Waals surface area contributed by atoms with Gasteiger partial charge >= 0.3 is 6.18 Å². The number of anilines is 2. The second-order valence-corrected chi connectivity index (χ2v) is 6.26. The first-order valence-electron chi connectivity index (χ1n) is 8.29. The molecular weight excluding hydrogens is 383 g/mol.